The lowest BCUT2D eigenvalue weighted by molar-refractivity contribution is -0.379. The lowest BCUT2D eigenvalue weighted by atomic mass is 9.96. The van der Waals surface area contributed by atoms with Crippen molar-refractivity contribution in [1.82, 2.24) is 5.32 Å². The van der Waals surface area contributed by atoms with Gasteiger partial charge in [0.25, 0.3) is 0 Å². The molecular formula is C82H155NO18. The largest absolute Gasteiger partial charge is 0.394 e. The van der Waals surface area contributed by atoms with E-state index in [0.29, 0.717) is 12.8 Å². The van der Waals surface area contributed by atoms with Crippen molar-refractivity contribution < 1.29 is 89.4 Å². The lowest BCUT2D eigenvalue weighted by Gasteiger charge is -2.48. The van der Waals surface area contributed by atoms with Gasteiger partial charge in [-0.2, -0.15) is 0 Å². The standard InChI is InChI=1S/C82H155NO18/c1-3-5-7-9-11-13-15-17-19-21-23-25-27-29-31-32-34-36-38-40-42-44-46-48-50-52-54-56-58-60-70(88)83-65(66(87)59-57-55-53-51-49-47-45-43-41-39-37-35-33-30-28-26-24-22-20-18-16-14-12-10-8-6-4-2)64-96-80-76(94)73(91)78(68(62-85)98-80)101-82-77(95)74(92)79(69(63-86)99-82)100-81-75(93)72(90)71(89)67(61-84)97-81/h49,51,57,59,65-69,71-82,84-87,89-95H,3-48,50,52-56,58,60-64H2,1-2H3,(H,83,88)/b51-49+,59-57+. The molecule has 12 N–H and O–H groups in total. The van der Waals surface area contributed by atoms with Gasteiger partial charge in [0.05, 0.1) is 38.6 Å². The number of amides is 1. The molecule has 0 bridgehead atoms. The van der Waals surface area contributed by atoms with Gasteiger partial charge in [-0.1, -0.05) is 346 Å². The third-order valence-corrected chi connectivity index (χ3v) is 21.3. The number of nitrogens with one attached hydrogen (secondary N) is 1. The zero-order chi connectivity index (χ0) is 73.2. The maximum Gasteiger partial charge on any atom is 0.220 e. The summed E-state index contributed by atoms with van der Waals surface area (Å²) in [6.07, 6.45) is 50.4. The van der Waals surface area contributed by atoms with Gasteiger partial charge < -0.3 is 89.9 Å². The third-order valence-electron chi connectivity index (χ3n) is 21.3. The second-order valence-corrected chi connectivity index (χ2v) is 30.3. The molecule has 596 valence electrons. The number of carbonyl (C=O) groups excluding carboxylic acids is 1. The summed E-state index contributed by atoms with van der Waals surface area (Å²) in [6.45, 7) is 1.79. The molecule has 0 saturated carbocycles. The molecule has 3 heterocycles. The highest BCUT2D eigenvalue weighted by Gasteiger charge is 2.54. The van der Waals surface area contributed by atoms with Crippen LogP contribution in [0.5, 0.6) is 0 Å². The van der Waals surface area contributed by atoms with Gasteiger partial charge in [-0.15, -0.1) is 0 Å². The number of carbonyl (C=O) groups is 1. The number of aliphatic hydroxyl groups excluding tert-OH is 11. The summed E-state index contributed by atoms with van der Waals surface area (Å²) < 4.78 is 34.5. The van der Waals surface area contributed by atoms with Gasteiger partial charge in [0.2, 0.25) is 5.91 Å². The minimum absolute atomic E-state index is 0.241. The van der Waals surface area contributed by atoms with Crippen LogP contribution in [0.2, 0.25) is 0 Å². The SMILES string of the molecule is CCCCCCCCCCCCCCCCCCCCCCC/C=C/CC/C=C/C(O)C(COC1OC(CO)C(OC2OC(CO)C(OC3OC(CO)C(O)C(O)C3O)C(O)C2O)C(O)C1O)NC(=O)CCCCCCCCCCCCCCCCCCCCCCCCCCCCCCC. The molecule has 0 aromatic heterocycles. The maximum absolute atomic E-state index is 13.5. The van der Waals surface area contributed by atoms with Gasteiger partial charge in [0.1, 0.15) is 73.2 Å². The molecule has 17 atom stereocenters. The van der Waals surface area contributed by atoms with E-state index in [2.05, 4.69) is 31.3 Å². The summed E-state index contributed by atoms with van der Waals surface area (Å²) >= 11 is 0. The summed E-state index contributed by atoms with van der Waals surface area (Å²) in [5.74, 6) is -0.277. The van der Waals surface area contributed by atoms with E-state index >= 15 is 0 Å². The molecule has 0 aromatic rings. The van der Waals surface area contributed by atoms with Crippen molar-refractivity contribution in [2.45, 2.75) is 465 Å². The van der Waals surface area contributed by atoms with E-state index in [0.717, 1.165) is 38.5 Å². The van der Waals surface area contributed by atoms with Crippen LogP contribution in [0.4, 0.5) is 0 Å². The van der Waals surface area contributed by atoms with Crippen LogP contribution in [0.1, 0.15) is 361 Å². The topological polar surface area (TPSA) is 307 Å². The van der Waals surface area contributed by atoms with Crippen LogP contribution >= 0.6 is 0 Å². The van der Waals surface area contributed by atoms with Crippen LogP contribution in [0, 0.1) is 0 Å². The van der Waals surface area contributed by atoms with Crippen LogP contribution in [-0.2, 0) is 33.2 Å². The molecule has 0 spiro atoms. The molecule has 19 heteroatoms. The fraction of sp³-hybridized carbons (Fsp3) is 0.939. The lowest BCUT2D eigenvalue weighted by Crippen LogP contribution is -2.66. The first-order valence-corrected chi connectivity index (χ1v) is 42.1. The Balaban J connectivity index is 1.37. The van der Waals surface area contributed by atoms with E-state index in [9.17, 15) is 61.0 Å². The molecule has 0 aromatic carbocycles. The highest BCUT2D eigenvalue weighted by atomic mass is 16.8. The first kappa shape index (κ1) is 93.5. The summed E-state index contributed by atoms with van der Waals surface area (Å²) in [7, 11) is 0. The van der Waals surface area contributed by atoms with Crippen LogP contribution in [0.15, 0.2) is 24.3 Å². The minimum Gasteiger partial charge on any atom is -0.394 e. The van der Waals surface area contributed by atoms with Gasteiger partial charge >= 0.3 is 0 Å². The number of ether oxygens (including phenoxy) is 6. The van der Waals surface area contributed by atoms with Crippen LogP contribution in [0.3, 0.4) is 0 Å². The van der Waals surface area contributed by atoms with Gasteiger partial charge in [0.15, 0.2) is 18.9 Å². The maximum atomic E-state index is 13.5. The summed E-state index contributed by atoms with van der Waals surface area (Å²) in [6, 6.07) is -0.989. The Hall–Kier alpha value is -1.73. The Bertz CT molecular complexity index is 1920. The van der Waals surface area contributed by atoms with Gasteiger partial charge in [-0.25, -0.2) is 0 Å². The van der Waals surface area contributed by atoms with Gasteiger partial charge in [-0.3, -0.25) is 4.79 Å². The van der Waals surface area contributed by atoms with Crippen LogP contribution in [-0.4, -0.2) is 193 Å². The average molecular weight is 1440 g/mol. The Morgan fingerprint density at radius 2 is 0.634 bits per heavy atom. The molecular weight excluding hydrogens is 1290 g/mol. The molecule has 3 aliphatic rings. The molecule has 3 saturated heterocycles. The quantitative estimate of drug-likeness (QED) is 0.0199. The molecule has 0 radical (unpaired) electrons. The van der Waals surface area contributed by atoms with Crippen molar-refractivity contribution in [1.29, 1.82) is 0 Å². The molecule has 19 nitrogen and oxygen atoms in total. The van der Waals surface area contributed by atoms with E-state index in [4.69, 9.17) is 28.4 Å². The second kappa shape index (κ2) is 63.2. The van der Waals surface area contributed by atoms with Crippen molar-refractivity contribution in [3.8, 4) is 0 Å². The summed E-state index contributed by atoms with van der Waals surface area (Å²) in [5.41, 5.74) is 0. The number of unbranched alkanes of at least 4 members (excludes halogenated alkanes) is 50. The number of hydrogen-bond donors (Lipinski definition) is 12. The molecule has 101 heavy (non-hydrogen) atoms. The highest BCUT2D eigenvalue weighted by molar-refractivity contribution is 5.76. The first-order chi connectivity index (χ1) is 49.3. The van der Waals surface area contributed by atoms with Crippen molar-refractivity contribution in [2.24, 2.45) is 0 Å². The molecule has 1 amide bonds. The van der Waals surface area contributed by atoms with Crippen LogP contribution in [0.25, 0.3) is 0 Å². The van der Waals surface area contributed by atoms with Gasteiger partial charge in [-0.05, 0) is 32.1 Å². The number of aliphatic hydroxyl groups is 11. The number of rotatable bonds is 68. The number of hydrogen-bond acceptors (Lipinski definition) is 18. The Kier molecular flexibility index (Phi) is 58.5. The predicted molar refractivity (Wildman–Crippen MR) is 402 cm³/mol. The van der Waals surface area contributed by atoms with Crippen molar-refractivity contribution >= 4 is 5.91 Å². The molecule has 3 rings (SSSR count). The fourth-order valence-electron chi connectivity index (χ4n) is 14.5. The normalized spacial score (nSPS) is 26.4. The smallest absolute Gasteiger partial charge is 0.220 e. The Morgan fingerprint density at radius 1 is 0.347 bits per heavy atom. The Morgan fingerprint density at radius 3 is 0.990 bits per heavy atom. The monoisotopic (exact) mass is 1440 g/mol. The van der Waals surface area contributed by atoms with Crippen molar-refractivity contribution in [3.63, 3.8) is 0 Å². The Labute approximate surface area is 613 Å². The van der Waals surface area contributed by atoms with E-state index in [1.54, 1.807) is 6.08 Å². The van der Waals surface area contributed by atoms with E-state index in [1.807, 2.05) is 6.08 Å². The molecule has 3 fully saturated rings. The van der Waals surface area contributed by atoms with E-state index < -0.39 is 124 Å². The summed E-state index contributed by atoms with van der Waals surface area (Å²) in [5, 5.41) is 121. The van der Waals surface area contributed by atoms with Crippen molar-refractivity contribution in [3.05, 3.63) is 24.3 Å². The third kappa shape index (κ3) is 43.2. The first-order valence-electron chi connectivity index (χ1n) is 42.1. The molecule has 0 aliphatic carbocycles. The van der Waals surface area contributed by atoms with E-state index in [-0.39, 0.29) is 18.9 Å². The van der Waals surface area contributed by atoms with E-state index in [1.165, 1.54) is 289 Å². The zero-order valence-electron chi connectivity index (χ0n) is 63.9. The zero-order valence-corrected chi connectivity index (χ0v) is 63.9. The molecule has 3 aliphatic heterocycles. The second-order valence-electron chi connectivity index (χ2n) is 30.3. The molecule has 17 unspecified atom stereocenters. The van der Waals surface area contributed by atoms with Crippen molar-refractivity contribution in [2.75, 3.05) is 26.4 Å². The predicted octanol–water partition coefficient (Wildman–Crippen LogP) is 14.5. The summed E-state index contributed by atoms with van der Waals surface area (Å²) in [4.78, 5) is 13.5. The number of allylic oxidation sites excluding steroid dienone is 3. The van der Waals surface area contributed by atoms with Gasteiger partial charge in [0, 0.05) is 6.42 Å². The van der Waals surface area contributed by atoms with Crippen LogP contribution < -0.4 is 5.32 Å². The fourth-order valence-corrected chi connectivity index (χ4v) is 14.5. The average Bonchev–Trinajstić information content (AvgIpc) is 0.782. The highest BCUT2D eigenvalue weighted by Crippen LogP contribution is 2.33. The minimum atomic E-state index is -1.98.